The Hall–Kier alpha value is -0.950. The maximum atomic E-state index is 5.93. The van der Waals surface area contributed by atoms with Gasteiger partial charge in [0.1, 0.15) is 12.2 Å². The molecule has 0 bridgehead atoms. The highest BCUT2D eigenvalue weighted by atomic mass is 35.5. The van der Waals surface area contributed by atoms with E-state index in [1.54, 1.807) is 24.8 Å². The van der Waals surface area contributed by atoms with Gasteiger partial charge in [-0.25, -0.2) is 0 Å². The van der Waals surface area contributed by atoms with Crippen LogP contribution in [0.4, 0.5) is 0 Å². The van der Waals surface area contributed by atoms with Crippen molar-refractivity contribution in [2.75, 3.05) is 20.8 Å². The zero-order chi connectivity index (χ0) is 13.7. The molecular weight excluding hydrogens is 284 g/mol. The summed E-state index contributed by atoms with van der Waals surface area (Å²) in [6.07, 6.45) is 1.74. The number of aromatic nitrogens is 3. The highest BCUT2D eigenvalue weighted by molar-refractivity contribution is 7.16. The average Bonchev–Trinajstić information content (AvgIpc) is 2.96. The molecule has 19 heavy (non-hydrogen) atoms. The van der Waals surface area contributed by atoms with E-state index in [-0.39, 0.29) is 0 Å². The van der Waals surface area contributed by atoms with Crippen LogP contribution in [0.1, 0.15) is 10.7 Å². The average molecular weight is 301 g/mol. The summed E-state index contributed by atoms with van der Waals surface area (Å²) in [7, 11) is 3.75. The van der Waals surface area contributed by atoms with Crippen LogP contribution < -0.4 is 0 Å². The molecule has 2 aromatic heterocycles. The molecule has 104 valence electrons. The van der Waals surface area contributed by atoms with E-state index in [0.29, 0.717) is 6.61 Å². The highest BCUT2D eigenvalue weighted by Crippen LogP contribution is 2.22. The van der Waals surface area contributed by atoms with Gasteiger partial charge in [0.15, 0.2) is 0 Å². The molecule has 0 saturated carbocycles. The maximum Gasteiger partial charge on any atom is 0.147 e. The van der Waals surface area contributed by atoms with Crippen molar-refractivity contribution in [3.8, 4) is 0 Å². The zero-order valence-corrected chi connectivity index (χ0v) is 12.6. The van der Waals surface area contributed by atoms with Crippen LogP contribution in [0.5, 0.6) is 0 Å². The first-order valence-electron chi connectivity index (χ1n) is 5.97. The van der Waals surface area contributed by atoms with Gasteiger partial charge >= 0.3 is 0 Å². The van der Waals surface area contributed by atoms with E-state index in [4.69, 9.17) is 16.3 Å². The number of hydrogen-bond donors (Lipinski definition) is 0. The summed E-state index contributed by atoms with van der Waals surface area (Å²) in [6, 6.07) is 3.98. The lowest BCUT2D eigenvalue weighted by Gasteiger charge is -2.15. The van der Waals surface area contributed by atoms with E-state index in [0.717, 1.165) is 29.8 Å². The summed E-state index contributed by atoms with van der Waals surface area (Å²) in [4.78, 5) is 3.44. The minimum absolute atomic E-state index is 0.662. The fourth-order valence-electron chi connectivity index (χ4n) is 1.78. The van der Waals surface area contributed by atoms with Gasteiger partial charge < -0.3 is 9.30 Å². The van der Waals surface area contributed by atoms with E-state index >= 15 is 0 Å². The molecule has 0 fully saturated rings. The number of methoxy groups -OCH3 is 1. The number of ether oxygens (including phenoxy) is 1. The number of halogens is 1. The van der Waals surface area contributed by atoms with E-state index in [9.17, 15) is 0 Å². The van der Waals surface area contributed by atoms with Crippen molar-refractivity contribution in [2.45, 2.75) is 19.6 Å². The molecule has 0 amide bonds. The van der Waals surface area contributed by atoms with Crippen molar-refractivity contribution in [1.82, 2.24) is 19.7 Å². The summed E-state index contributed by atoms with van der Waals surface area (Å²) in [5.74, 6) is 0.946. The maximum absolute atomic E-state index is 5.93. The molecule has 0 spiro atoms. The van der Waals surface area contributed by atoms with Gasteiger partial charge in [0.05, 0.1) is 17.5 Å². The van der Waals surface area contributed by atoms with Crippen LogP contribution in [-0.2, 0) is 24.4 Å². The van der Waals surface area contributed by atoms with Gasteiger partial charge in [-0.05, 0) is 19.2 Å². The molecule has 0 aromatic carbocycles. The van der Waals surface area contributed by atoms with Crippen molar-refractivity contribution in [2.24, 2.45) is 0 Å². The third kappa shape index (κ3) is 4.28. The Bertz CT molecular complexity index is 513. The Labute approximate surface area is 121 Å². The SMILES string of the molecule is COCCn1cnnc1CN(C)Cc1ccc(Cl)s1. The summed E-state index contributed by atoms with van der Waals surface area (Å²) in [5.41, 5.74) is 0. The van der Waals surface area contributed by atoms with Gasteiger partial charge in [-0.2, -0.15) is 0 Å². The van der Waals surface area contributed by atoms with Crippen molar-refractivity contribution < 1.29 is 4.74 Å². The molecule has 0 radical (unpaired) electrons. The van der Waals surface area contributed by atoms with E-state index in [1.807, 2.05) is 10.6 Å². The predicted molar refractivity (Wildman–Crippen MR) is 76.4 cm³/mol. The normalized spacial score (nSPS) is 11.4. The first kappa shape index (κ1) is 14.5. The number of hydrogen-bond acceptors (Lipinski definition) is 5. The van der Waals surface area contributed by atoms with Crippen LogP contribution in [0.25, 0.3) is 0 Å². The van der Waals surface area contributed by atoms with Gasteiger partial charge in [-0.1, -0.05) is 11.6 Å². The Morgan fingerprint density at radius 3 is 2.95 bits per heavy atom. The van der Waals surface area contributed by atoms with Gasteiger partial charge in [0.2, 0.25) is 0 Å². The monoisotopic (exact) mass is 300 g/mol. The molecule has 2 heterocycles. The fraction of sp³-hybridized carbons (Fsp3) is 0.500. The van der Waals surface area contributed by atoms with Gasteiger partial charge in [0, 0.05) is 25.1 Å². The van der Waals surface area contributed by atoms with Crippen LogP contribution in [-0.4, -0.2) is 40.4 Å². The minimum atomic E-state index is 0.662. The summed E-state index contributed by atoms with van der Waals surface area (Å²) >= 11 is 7.54. The number of thiophene rings is 1. The predicted octanol–water partition coefficient (Wildman–Crippen LogP) is 2.27. The Morgan fingerprint density at radius 2 is 2.26 bits per heavy atom. The highest BCUT2D eigenvalue weighted by Gasteiger charge is 2.09. The largest absolute Gasteiger partial charge is 0.383 e. The Morgan fingerprint density at radius 1 is 1.42 bits per heavy atom. The van der Waals surface area contributed by atoms with Crippen LogP contribution in [0, 0.1) is 0 Å². The van der Waals surface area contributed by atoms with Gasteiger partial charge in [-0.15, -0.1) is 21.5 Å². The first-order chi connectivity index (χ1) is 9.19. The Balaban J connectivity index is 1.91. The standard InChI is InChI=1S/C12H17ClN4OS/c1-16(7-10-3-4-11(13)19-10)8-12-15-14-9-17(12)5-6-18-2/h3-4,9H,5-8H2,1-2H3. The third-order valence-corrected chi connectivity index (χ3v) is 3.91. The van der Waals surface area contributed by atoms with Crippen LogP contribution in [0.2, 0.25) is 4.34 Å². The van der Waals surface area contributed by atoms with Crippen molar-refractivity contribution in [1.29, 1.82) is 0 Å². The lowest BCUT2D eigenvalue weighted by molar-refractivity contribution is 0.184. The number of rotatable bonds is 7. The summed E-state index contributed by atoms with van der Waals surface area (Å²) in [6.45, 7) is 3.04. The lowest BCUT2D eigenvalue weighted by Crippen LogP contribution is -2.20. The zero-order valence-electron chi connectivity index (χ0n) is 11.0. The Kier molecular flexibility index (Phi) is 5.33. The van der Waals surface area contributed by atoms with Crippen LogP contribution in [0.15, 0.2) is 18.5 Å². The topological polar surface area (TPSA) is 43.2 Å². The molecule has 0 saturated heterocycles. The first-order valence-corrected chi connectivity index (χ1v) is 7.17. The molecule has 7 heteroatoms. The molecule has 2 rings (SSSR count). The van der Waals surface area contributed by atoms with E-state index in [1.165, 1.54) is 4.88 Å². The summed E-state index contributed by atoms with van der Waals surface area (Å²) in [5, 5.41) is 8.10. The molecule has 0 N–H and O–H groups in total. The second kappa shape index (κ2) is 7.00. The fourth-order valence-corrected chi connectivity index (χ4v) is 2.95. The van der Waals surface area contributed by atoms with Crippen LogP contribution >= 0.6 is 22.9 Å². The van der Waals surface area contributed by atoms with Gasteiger partial charge in [-0.3, -0.25) is 4.90 Å². The van der Waals surface area contributed by atoms with E-state index < -0.39 is 0 Å². The smallest absolute Gasteiger partial charge is 0.147 e. The molecule has 0 aliphatic carbocycles. The third-order valence-electron chi connectivity index (χ3n) is 2.70. The van der Waals surface area contributed by atoms with E-state index in [2.05, 4.69) is 28.2 Å². The van der Waals surface area contributed by atoms with Crippen molar-refractivity contribution >= 4 is 22.9 Å². The van der Waals surface area contributed by atoms with Crippen molar-refractivity contribution in [3.05, 3.63) is 33.5 Å². The minimum Gasteiger partial charge on any atom is -0.383 e. The molecular formula is C12H17ClN4OS. The summed E-state index contributed by atoms with van der Waals surface area (Å²) < 4.78 is 7.91. The molecule has 0 unspecified atom stereocenters. The number of nitrogens with zero attached hydrogens (tertiary/aromatic N) is 4. The quantitative estimate of drug-likeness (QED) is 0.787. The van der Waals surface area contributed by atoms with Gasteiger partial charge in [0.25, 0.3) is 0 Å². The molecule has 0 atom stereocenters. The molecule has 5 nitrogen and oxygen atoms in total. The lowest BCUT2D eigenvalue weighted by atomic mass is 10.4. The van der Waals surface area contributed by atoms with Crippen LogP contribution in [0.3, 0.4) is 0 Å². The molecule has 0 aliphatic heterocycles. The molecule has 0 aliphatic rings. The second-order valence-electron chi connectivity index (χ2n) is 4.31. The second-order valence-corrected chi connectivity index (χ2v) is 6.11. The van der Waals surface area contributed by atoms with Crippen molar-refractivity contribution in [3.63, 3.8) is 0 Å². The molecule has 2 aromatic rings.